The summed E-state index contributed by atoms with van der Waals surface area (Å²) in [5.74, 6) is 0. The summed E-state index contributed by atoms with van der Waals surface area (Å²) >= 11 is -5.85. The predicted molar refractivity (Wildman–Crippen MR) is 256 cm³/mol. The third kappa shape index (κ3) is 7.97. The second-order valence-corrected chi connectivity index (χ2v) is 53.3. The molecular formula is C55H72Cl2Hf. The van der Waals surface area contributed by atoms with Gasteiger partial charge in [0.15, 0.2) is 0 Å². The molecule has 4 aromatic carbocycles. The van der Waals surface area contributed by atoms with Crippen LogP contribution in [0.15, 0.2) is 97.1 Å². The average molecular weight is 983 g/mol. The van der Waals surface area contributed by atoms with Crippen LogP contribution in [-0.4, -0.2) is 3.26 Å². The first-order valence-electron chi connectivity index (χ1n) is 21.7. The Bertz CT molecular complexity index is 2210. The molecule has 0 amide bonds. The van der Waals surface area contributed by atoms with E-state index in [0.717, 1.165) is 14.4 Å². The molecule has 6 rings (SSSR count). The summed E-state index contributed by atoms with van der Waals surface area (Å²) in [5, 5.41) is 0. The number of halogens is 2. The van der Waals surface area contributed by atoms with Crippen molar-refractivity contribution in [2.45, 2.75) is 164 Å². The Labute approximate surface area is 361 Å². The molecule has 0 saturated carbocycles. The summed E-state index contributed by atoms with van der Waals surface area (Å²) in [6, 6.07) is 28.7. The summed E-state index contributed by atoms with van der Waals surface area (Å²) in [7, 11) is 18.4. The first-order chi connectivity index (χ1) is 26.2. The van der Waals surface area contributed by atoms with Crippen molar-refractivity contribution >= 4 is 20.4 Å². The molecular weight excluding hydrogens is 910 g/mol. The van der Waals surface area contributed by atoms with E-state index >= 15 is 0 Å². The summed E-state index contributed by atoms with van der Waals surface area (Å²) in [5.41, 5.74) is 15.3. The predicted octanol–water partition coefficient (Wildman–Crippen LogP) is 16.7. The normalized spacial score (nSPS) is 15.9. The zero-order chi connectivity index (χ0) is 43.4. The second kappa shape index (κ2) is 14.4. The molecule has 2 aliphatic rings. The maximum atomic E-state index is 9.20. The van der Waals surface area contributed by atoms with Gasteiger partial charge in [0.1, 0.15) is 0 Å². The Morgan fingerprint density at radius 1 is 0.414 bits per heavy atom. The van der Waals surface area contributed by atoms with Crippen LogP contribution in [-0.2, 0) is 48.1 Å². The van der Waals surface area contributed by atoms with Crippen molar-refractivity contribution in [1.29, 1.82) is 0 Å². The van der Waals surface area contributed by atoms with Gasteiger partial charge in [-0.05, 0) is 0 Å². The molecule has 0 heterocycles. The Kier molecular flexibility index (Phi) is 11.2. The van der Waals surface area contributed by atoms with Gasteiger partial charge in [-0.25, -0.2) is 0 Å². The van der Waals surface area contributed by atoms with E-state index in [0.29, 0.717) is 0 Å². The minimum atomic E-state index is -5.85. The Morgan fingerprint density at radius 3 is 0.983 bits per heavy atom. The van der Waals surface area contributed by atoms with Gasteiger partial charge >= 0.3 is 364 Å². The summed E-state index contributed by atoms with van der Waals surface area (Å²) in [4.78, 5) is 0. The molecule has 4 aromatic rings. The third-order valence-corrected chi connectivity index (χ3v) is 41.1. The molecule has 58 heavy (non-hydrogen) atoms. The molecule has 0 nitrogen and oxygen atoms in total. The molecule has 0 aromatic heterocycles. The van der Waals surface area contributed by atoms with Crippen LogP contribution in [0, 0.1) is 0 Å². The van der Waals surface area contributed by atoms with E-state index in [9.17, 15) is 17.2 Å². The monoisotopic (exact) mass is 982 g/mol. The van der Waals surface area contributed by atoms with Crippen LogP contribution in [0.4, 0.5) is 0 Å². The van der Waals surface area contributed by atoms with Gasteiger partial charge in [0.2, 0.25) is 0 Å². The van der Waals surface area contributed by atoms with Gasteiger partial charge in [0, 0.05) is 0 Å². The van der Waals surface area contributed by atoms with Crippen molar-refractivity contribution in [2.75, 3.05) is 0 Å². The van der Waals surface area contributed by atoms with Gasteiger partial charge in [0.25, 0.3) is 0 Å². The molecule has 0 atom stereocenters. The van der Waals surface area contributed by atoms with Gasteiger partial charge in [-0.15, -0.1) is 0 Å². The zero-order valence-electron chi connectivity index (χ0n) is 39.1. The van der Waals surface area contributed by atoms with Crippen molar-refractivity contribution in [1.82, 2.24) is 0 Å². The molecule has 0 spiro atoms. The van der Waals surface area contributed by atoms with E-state index in [4.69, 9.17) is 0 Å². The number of rotatable bonds is 4. The van der Waals surface area contributed by atoms with E-state index in [1.54, 1.807) is 0 Å². The van der Waals surface area contributed by atoms with Crippen molar-refractivity contribution in [3.8, 4) is 11.1 Å². The molecule has 0 saturated heterocycles. The van der Waals surface area contributed by atoms with E-state index in [1.807, 2.05) is 0 Å². The standard InChI is InChI=1S/C29H41.C21H26.C5H5.2ClH.Hf/c1-26(2,3)22-14-18-13-19-15-23(27(4,5)6)25(29(10,11)12)17-21(19)20(18)16-24(22)28(7,8)9;1-20(2,3)18-11-7-16(8-12-18)15-17-9-13-19(14-10-17)21(4,5)6;1-2-4-5-3-1;;;/h13-17H,1-12H3;7-14H,1-6H3;1-5H;2*1H;/q;;;;;+2/p-2. The average Bonchev–Trinajstić information content (AvgIpc) is 3.73. The van der Waals surface area contributed by atoms with E-state index in [1.165, 1.54) is 55.6 Å². The zero-order valence-corrected chi connectivity index (χ0v) is 44.3. The fraction of sp³-hybridized carbons (Fsp3) is 0.473. The number of hydrogen-bond acceptors (Lipinski definition) is 0. The SMILES string of the molecule is CC(C)(C)c1ccc([C](c2ccc(C(C)(C)C)cc2)=[Hf]([Cl])([Cl])([CH]2C=CC=C2)[CH]2c3cc(C(C)(C)C)c(C(C)(C)C)cc3-c3cc(C(C)(C)C)c(C(C)(C)C)cc32)cc1. The molecule has 0 aliphatic heterocycles. The minimum absolute atomic E-state index is 0.0102. The molecule has 3 heteroatoms. The summed E-state index contributed by atoms with van der Waals surface area (Å²) in [6.07, 6.45) is 9.00. The maximum absolute atomic E-state index is 9.20. The van der Waals surface area contributed by atoms with E-state index < -0.39 is 15.7 Å². The van der Waals surface area contributed by atoms with Crippen molar-refractivity contribution in [3.05, 3.63) is 153 Å². The summed E-state index contributed by atoms with van der Waals surface area (Å²) in [6.45, 7) is 42.0. The number of fused-ring (bicyclic) bond motifs is 3. The fourth-order valence-electron chi connectivity index (χ4n) is 9.68. The van der Waals surface area contributed by atoms with E-state index in [-0.39, 0.29) is 39.8 Å². The van der Waals surface area contributed by atoms with Crippen LogP contribution in [0.25, 0.3) is 11.1 Å². The quantitative estimate of drug-likeness (QED) is 0.179. The Balaban J connectivity index is 1.92. The van der Waals surface area contributed by atoms with Gasteiger partial charge in [0.05, 0.1) is 0 Å². The molecule has 0 fully saturated rings. The fourth-order valence-corrected chi connectivity index (χ4v) is 37.4. The Morgan fingerprint density at radius 2 is 0.707 bits per heavy atom. The Hall–Kier alpha value is -2.32. The molecule has 0 unspecified atom stereocenters. The van der Waals surface area contributed by atoms with Crippen molar-refractivity contribution in [2.24, 2.45) is 0 Å². The van der Waals surface area contributed by atoms with Gasteiger partial charge < -0.3 is 0 Å². The second-order valence-electron chi connectivity index (χ2n) is 23.9. The third-order valence-electron chi connectivity index (χ3n) is 13.0. The van der Waals surface area contributed by atoms with Crippen LogP contribution in [0.5, 0.6) is 0 Å². The van der Waals surface area contributed by atoms with Gasteiger partial charge in [-0.3, -0.25) is 0 Å². The molecule has 310 valence electrons. The van der Waals surface area contributed by atoms with Crippen LogP contribution >= 0.6 is 17.2 Å². The van der Waals surface area contributed by atoms with Crippen LogP contribution in [0.3, 0.4) is 0 Å². The number of allylic oxidation sites excluding steroid dienone is 4. The number of benzene rings is 4. The van der Waals surface area contributed by atoms with Gasteiger partial charge in [-0.1, -0.05) is 0 Å². The summed E-state index contributed by atoms with van der Waals surface area (Å²) < 4.78 is 0.831. The molecule has 0 bridgehead atoms. The topological polar surface area (TPSA) is 0 Å². The van der Waals surface area contributed by atoms with E-state index in [2.05, 4.69) is 222 Å². The number of hydrogen-bond donors (Lipinski definition) is 0. The molecule has 0 radical (unpaired) electrons. The first kappa shape index (κ1) is 45.2. The van der Waals surface area contributed by atoms with Gasteiger partial charge in [-0.2, -0.15) is 0 Å². The van der Waals surface area contributed by atoms with Crippen LogP contribution in [0.1, 0.15) is 184 Å². The van der Waals surface area contributed by atoms with Crippen LogP contribution < -0.4 is 0 Å². The van der Waals surface area contributed by atoms with Crippen LogP contribution in [0.2, 0.25) is 3.67 Å². The first-order valence-corrected chi connectivity index (χ1v) is 36.5. The molecule has 0 N–H and O–H groups in total. The van der Waals surface area contributed by atoms with Crippen molar-refractivity contribution in [3.63, 3.8) is 0 Å². The molecule has 2 aliphatic carbocycles. The van der Waals surface area contributed by atoms with Crippen molar-refractivity contribution < 1.29 is 15.7 Å².